The monoisotopic (exact) mass is 306 g/mol. The van der Waals surface area contributed by atoms with Crippen LogP contribution in [-0.2, 0) is 0 Å². The van der Waals surface area contributed by atoms with Gasteiger partial charge in [0.25, 0.3) is 0 Å². The summed E-state index contributed by atoms with van der Waals surface area (Å²) in [4.78, 5) is 2.53. The molecule has 0 aromatic heterocycles. The Morgan fingerprint density at radius 1 is 1.14 bits per heavy atom. The van der Waals surface area contributed by atoms with Crippen molar-refractivity contribution in [2.45, 2.75) is 51.6 Å². The lowest BCUT2D eigenvalue weighted by atomic mass is 9.92. The van der Waals surface area contributed by atoms with E-state index >= 15 is 0 Å². The van der Waals surface area contributed by atoms with E-state index in [1.807, 2.05) is 0 Å². The molecule has 21 heavy (non-hydrogen) atoms. The van der Waals surface area contributed by atoms with Crippen molar-refractivity contribution in [2.24, 2.45) is 17.8 Å². The number of alkyl halides is 3. The zero-order chi connectivity index (χ0) is 15.3. The molecule has 1 saturated heterocycles. The highest BCUT2D eigenvalue weighted by Crippen LogP contribution is 2.39. The number of hydrogen-bond donors (Lipinski definition) is 1. The smallest absolute Gasteiger partial charge is 0.308 e. The highest BCUT2D eigenvalue weighted by molar-refractivity contribution is 4.83. The Morgan fingerprint density at radius 2 is 1.81 bits per heavy atom. The second-order valence-electron chi connectivity index (χ2n) is 7.03. The molecule has 2 atom stereocenters. The van der Waals surface area contributed by atoms with Crippen LogP contribution in [0.3, 0.4) is 0 Å². The summed E-state index contributed by atoms with van der Waals surface area (Å²) in [6.45, 7) is 5.58. The molecule has 0 aromatic rings. The van der Waals surface area contributed by atoms with Crippen molar-refractivity contribution in [2.75, 3.05) is 32.7 Å². The quantitative estimate of drug-likeness (QED) is 0.699. The van der Waals surface area contributed by atoms with Gasteiger partial charge in [0, 0.05) is 6.54 Å². The summed E-state index contributed by atoms with van der Waals surface area (Å²) >= 11 is 0. The predicted octanol–water partition coefficient (Wildman–Crippen LogP) is 3.68. The van der Waals surface area contributed by atoms with Crippen LogP contribution < -0.4 is 5.32 Å². The second-order valence-corrected chi connectivity index (χ2v) is 7.03. The second kappa shape index (κ2) is 7.82. The summed E-state index contributed by atoms with van der Waals surface area (Å²) in [5, 5.41) is 2.61. The molecule has 5 heteroatoms. The molecule has 0 bridgehead atoms. The van der Waals surface area contributed by atoms with E-state index in [1.54, 1.807) is 0 Å². The van der Waals surface area contributed by atoms with Crippen LogP contribution in [-0.4, -0.2) is 43.8 Å². The van der Waals surface area contributed by atoms with E-state index in [0.717, 1.165) is 19.4 Å². The van der Waals surface area contributed by atoms with Gasteiger partial charge in [-0.3, -0.25) is 0 Å². The summed E-state index contributed by atoms with van der Waals surface area (Å²) in [6, 6.07) is 0. The summed E-state index contributed by atoms with van der Waals surface area (Å²) < 4.78 is 36.6. The average molecular weight is 306 g/mol. The third-order valence-electron chi connectivity index (χ3n) is 4.82. The molecule has 1 N–H and O–H groups in total. The maximum Gasteiger partial charge on any atom is 0.401 e. The lowest BCUT2D eigenvalue weighted by Gasteiger charge is -2.23. The molecule has 0 radical (unpaired) electrons. The van der Waals surface area contributed by atoms with E-state index in [9.17, 15) is 13.2 Å². The molecule has 2 aliphatic rings. The molecule has 2 nitrogen and oxygen atoms in total. The van der Waals surface area contributed by atoms with E-state index in [2.05, 4.69) is 17.1 Å². The maximum atomic E-state index is 12.2. The number of halogens is 3. The molecule has 0 spiro atoms. The zero-order valence-corrected chi connectivity index (χ0v) is 13.1. The van der Waals surface area contributed by atoms with Crippen molar-refractivity contribution in [3.63, 3.8) is 0 Å². The van der Waals surface area contributed by atoms with Crippen molar-refractivity contribution in [3.8, 4) is 0 Å². The van der Waals surface area contributed by atoms with Crippen molar-refractivity contribution < 1.29 is 13.2 Å². The first-order valence-corrected chi connectivity index (χ1v) is 8.44. The zero-order valence-electron chi connectivity index (χ0n) is 13.1. The van der Waals surface area contributed by atoms with Crippen molar-refractivity contribution in [1.82, 2.24) is 10.2 Å². The third kappa shape index (κ3) is 7.00. The molecule has 2 unspecified atom stereocenters. The number of nitrogens with one attached hydrogen (secondary N) is 1. The SMILES string of the molecule is CC(CCC(CNCC(F)(F)F)C1CC1)CN1CCCC1. The largest absolute Gasteiger partial charge is 0.401 e. The van der Waals surface area contributed by atoms with Crippen LogP contribution in [0.15, 0.2) is 0 Å². The van der Waals surface area contributed by atoms with Crippen LogP contribution in [0.1, 0.15) is 45.4 Å². The summed E-state index contributed by atoms with van der Waals surface area (Å²) in [6.07, 6.45) is 3.18. The topological polar surface area (TPSA) is 15.3 Å². The van der Waals surface area contributed by atoms with Gasteiger partial charge in [-0.05, 0) is 75.9 Å². The fourth-order valence-electron chi connectivity index (χ4n) is 3.47. The van der Waals surface area contributed by atoms with Gasteiger partial charge in [0.05, 0.1) is 6.54 Å². The minimum atomic E-state index is -4.09. The number of hydrogen-bond acceptors (Lipinski definition) is 2. The van der Waals surface area contributed by atoms with E-state index in [4.69, 9.17) is 0 Å². The molecule has 124 valence electrons. The number of rotatable bonds is 9. The fraction of sp³-hybridized carbons (Fsp3) is 1.00. The Hall–Kier alpha value is -0.290. The van der Waals surface area contributed by atoms with Crippen LogP contribution in [0.25, 0.3) is 0 Å². The normalized spacial score (nSPS) is 23.4. The van der Waals surface area contributed by atoms with E-state index in [1.165, 1.54) is 38.8 Å². The van der Waals surface area contributed by atoms with Gasteiger partial charge in [-0.15, -0.1) is 0 Å². The number of nitrogens with zero attached hydrogens (tertiary/aromatic N) is 1. The first kappa shape index (κ1) is 17.1. The first-order chi connectivity index (χ1) is 9.94. The van der Waals surface area contributed by atoms with Crippen LogP contribution >= 0.6 is 0 Å². The lowest BCUT2D eigenvalue weighted by molar-refractivity contribution is -0.125. The van der Waals surface area contributed by atoms with E-state index in [-0.39, 0.29) is 0 Å². The molecule has 2 rings (SSSR count). The summed E-state index contributed by atoms with van der Waals surface area (Å²) in [7, 11) is 0. The highest BCUT2D eigenvalue weighted by atomic mass is 19.4. The van der Waals surface area contributed by atoms with E-state index in [0.29, 0.717) is 24.3 Å². The highest BCUT2D eigenvalue weighted by Gasteiger charge is 2.32. The van der Waals surface area contributed by atoms with Crippen molar-refractivity contribution in [3.05, 3.63) is 0 Å². The molecule has 1 aliphatic carbocycles. The van der Waals surface area contributed by atoms with E-state index < -0.39 is 12.7 Å². The van der Waals surface area contributed by atoms with Crippen LogP contribution in [0.2, 0.25) is 0 Å². The minimum Gasteiger partial charge on any atom is -0.308 e. The number of likely N-dealkylation sites (tertiary alicyclic amines) is 1. The molecule has 2 fully saturated rings. The van der Waals surface area contributed by atoms with Gasteiger partial charge in [0.15, 0.2) is 0 Å². The molecular weight excluding hydrogens is 277 g/mol. The predicted molar refractivity (Wildman–Crippen MR) is 79.2 cm³/mol. The van der Waals surface area contributed by atoms with Crippen LogP contribution in [0.5, 0.6) is 0 Å². The summed E-state index contributed by atoms with van der Waals surface area (Å²) in [5.74, 6) is 1.77. The van der Waals surface area contributed by atoms with Gasteiger partial charge >= 0.3 is 6.18 Å². The van der Waals surface area contributed by atoms with Crippen molar-refractivity contribution in [1.29, 1.82) is 0 Å². The molecule has 1 aliphatic heterocycles. The van der Waals surface area contributed by atoms with Gasteiger partial charge in [-0.2, -0.15) is 13.2 Å². The molecular formula is C16H29F3N2. The Kier molecular flexibility index (Phi) is 6.35. The maximum absolute atomic E-state index is 12.2. The minimum absolute atomic E-state index is 0.438. The Balaban J connectivity index is 1.62. The Labute approximate surface area is 126 Å². The first-order valence-electron chi connectivity index (χ1n) is 8.44. The molecule has 1 heterocycles. The lowest BCUT2D eigenvalue weighted by Crippen LogP contribution is -2.33. The third-order valence-corrected chi connectivity index (χ3v) is 4.82. The Morgan fingerprint density at radius 3 is 2.38 bits per heavy atom. The van der Waals surface area contributed by atoms with Gasteiger partial charge in [0.2, 0.25) is 0 Å². The Bertz CT molecular complexity index is 296. The van der Waals surface area contributed by atoms with Gasteiger partial charge < -0.3 is 10.2 Å². The molecule has 0 aromatic carbocycles. The molecule has 0 amide bonds. The average Bonchev–Trinajstić information content (AvgIpc) is 3.11. The van der Waals surface area contributed by atoms with Gasteiger partial charge in [-0.25, -0.2) is 0 Å². The van der Waals surface area contributed by atoms with Crippen LogP contribution in [0.4, 0.5) is 13.2 Å². The van der Waals surface area contributed by atoms with Gasteiger partial charge in [-0.1, -0.05) is 6.92 Å². The summed E-state index contributed by atoms with van der Waals surface area (Å²) in [5.41, 5.74) is 0. The standard InChI is InChI=1S/C16H29F3N2/c1-13(11-21-8-2-3-9-21)4-5-15(14-6-7-14)10-20-12-16(17,18)19/h13-15,20H,2-12H2,1H3. The fourth-order valence-corrected chi connectivity index (χ4v) is 3.47. The van der Waals surface area contributed by atoms with Crippen LogP contribution in [0, 0.1) is 17.8 Å². The molecule has 1 saturated carbocycles. The van der Waals surface area contributed by atoms with Crippen molar-refractivity contribution >= 4 is 0 Å². The van der Waals surface area contributed by atoms with Gasteiger partial charge in [0.1, 0.15) is 0 Å².